The SMILES string of the molecule is CCc1oc(C(=O)N(Cc2cccnc2)CC2CCNC2)cc1C. The van der Waals surface area contributed by atoms with E-state index in [0.29, 0.717) is 18.2 Å². The van der Waals surface area contributed by atoms with Gasteiger partial charge in [0.1, 0.15) is 5.76 Å². The van der Waals surface area contributed by atoms with E-state index in [1.807, 2.05) is 43.1 Å². The van der Waals surface area contributed by atoms with Crippen LogP contribution in [-0.2, 0) is 13.0 Å². The zero-order valence-corrected chi connectivity index (χ0v) is 14.4. The van der Waals surface area contributed by atoms with Gasteiger partial charge < -0.3 is 14.6 Å². The zero-order chi connectivity index (χ0) is 16.9. The second-order valence-electron chi connectivity index (χ2n) is 6.48. The van der Waals surface area contributed by atoms with Gasteiger partial charge in [-0.2, -0.15) is 0 Å². The van der Waals surface area contributed by atoms with Crippen LogP contribution in [0.25, 0.3) is 0 Å². The molecule has 1 aliphatic heterocycles. The molecule has 1 fully saturated rings. The van der Waals surface area contributed by atoms with Gasteiger partial charge in [-0.15, -0.1) is 0 Å². The highest BCUT2D eigenvalue weighted by Crippen LogP contribution is 2.20. The molecule has 1 N–H and O–H groups in total. The third kappa shape index (κ3) is 3.85. The van der Waals surface area contributed by atoms with Crippen molar-refractivity contribution in [1.82, 2.24) is 15.2 Å². The molecule has 5 heteroatoms. The third-order valence-electron chi connectivity index (χ3n) is 4.58. The minimum atomic E-state index is -0.0337. The van der Waals surface area contributed by atoms with Crippen molar-refractivity contribution in [2.45, 2.75) is 33.2 Å². The number of amides is 1. The molecule has 24 heavy (non-hydrogen) atoms. The van der Waals surface area contributed by atoms with E-state index in [9.17, 15) is 4.79 Å². The molecule has 1 saturated heterocycles. The van der Waals surface area contributed by atoms with Crippen LogP contribution < -0.4 is 5.32 Å². The normalized spacial score (nSPS) is 17.2. The largest absolute Gasteiger partial charge is 0.456 e. The first-order chi connectivity index (χ1) is 11.7. The maximum Gasteiger partial charge on any atom is 0.289 e. The van der Waals surface area contributed by atoms with Gasteiger partial charge in [0.25, 0.3) is 5.91 Å². The molecule has 0 saturated carbocycles. The first-order valence-electron chi connectivity index (χ1n) is 8.65. The molecule has 2 aromatic rings. The Morgan fingerprint density at radius 3 is 3.00 bits per heavy atom. The maximum absolute atomic E-state index is 13.0. The van der Waals surface area contributed by atoms with E-state index in [0.717, 1.165) is 49.4 Å². The minimum absolute atomic E-state index is 0.0337. The van der Waals surface area contributed by atoms with Crippen LogP contribution in [0.3, 0.4) is 0 Å². The van der Waals surface area contributed by atoms with E-state index in [2.05, 4.69) is 10.3 Å². The lowest BCUT2D eigenvalue weighted by Gasteiger charge is -2.24. The van der Waals surface area contributed by atoms with Crippen LogP contribution in [0.1, 0.15) is 40.8 Å². The highest BCUT2D eigenvalue weighted by atomic mass is 16.4. The number of nitrogens with zero attached hydrogens (tertiary/aromatic N) is 2. The number of aryl methyl sites for hydroxylation is 2. The summed E-state index contributed by atoms with van der Waals surface area (Å²) in [6, 6.07) is 5.77. The zero-order valence-electron chi connectivity index (χ0n) is 14.4. The molecular formula is C19H25N3O2. The lowest BCUT2D eigenvalue weighted by atomic mass is 10.1. The van der Waals surface area contributed by atoms with Crippen molar-refractivity contribution in [3.63, 3.8) is 0 Å². The summed E-state index contributed by atoms with van der Waals surface area (Å²) in [5.74, 6) is 1.79. The summed E-state index contributed by atoms with van der Waals surface area (Å²) in [7, 11) is 0. The standard InChI is InChI=1S/C19H25N3O2/c1-3-17-14(2)9-18(24-17)19(23)22(13-16-6-8-21-11-16)12-15-5-4-7-20-10-15/h4-5,7,9-10,16,21H,3,6,8,11-13H2,1-2H3. The smallest absolute Gasteiger partial charge is 0.289 e. The van der Waals surface area contributed by atoms with E-state index in [-0.39, 0.29) is 5.91 Å². The Morgan fingerprint density at radius 2 is 2.38 bits per heavy atom. The highest BCUT2D eigenvalue weighted by Gasteiger charge is 2.25. The molecule has 0 radical (unpaired) electrons. The average molecular weight is 327 g/mol. The molecule has 3 rings (SSSR count). The number of pyridine rings is 1. The van der Waals surface area contributed by atoms with Gasteiger partial charge in [0.2, 0.25) is 0 Å². The number of rotatable bonds is 6. The Bertz CT molecular complexity index is 675. The maximum atomic E-state index is 13.0. The minimum Gasteiger partial charge on any atom is -0.456 e. The van der Waals surface area contributed by atoms with Crippen molar-refractivity contribution in [1.29, 1.82) is 0 Å². The van der Waals surface area contributed by atoms with Crippen LogP contribution >= 0.6 is 0 Å². The molecule has 1 aliphatic rings. The average Bonchev–Trinajstić information content (AvgIpc) is 3.24. The first kappa shape index (κ1) is 16.7. The molecule has 0 spiro atoms. The Morgan fingerprint density at radius 1 is 1.50 bits per heavy atom. The van der Waals surface area contributed by atoms with E-state index >= 15 is 0 Å². The Hall–Kier alpha value is -2.14. The number of carbonyl (C=O) groups is 1. The molecule has 3 heterocycles. The summed E-state index contributed by atoms with van der Waals surface area (Å²) < 4.78 is 5.79. The molecule has 128 valence electrons. The number of aromatic nitrogens is 1. The van der Waals surface area contributed by atoms with Crippen molar-refractivity contribution in [3.05, 3.63) is 53.2 Å². The van der Waals surface area contributed by atoms with Crippen molar-refractivity contribution < 1.29 is 9.21 Å². The quantitative estimate of drug-likeness (QED) is 0.886. The summed E-state index contributed by atoms with van der Waals surface area (Å²) in [6.45, 7) is 7.32. The Kier molecular flexibility index (Phi) is 5.30. The fraction of sp³-hybridized carbons (Fsp3) is 0.474. The fourth-order valence-corrected chi connectivity index (χ4v) is 3.25. The van der Waals surface area contributed by atoms with Crippen LogP contribution in [0.15, 0.2) is 35.0 Å². The molecule has 1 atom stereocenters. The van der Waals surface area contributed by atoms with E-state index in [1.165, 1.54) is 0 Å². The number of carbonyl (C=O) groups excluding carboxylic acids is 1. The van der Waals surface area contributed by atoms with Crippen LogP contribution in [0.2, 0.25) is 0 Å². The monoisotopic (exact) mass is 327 g/mol. The van der Waals surface area contributed by atoms with E-state index in [1.54, 1.807) is 6.20 Å². The van der Waals surface area contributed by atoms with E-state index in [4.69, 9.17) is 4.42 Å². The molecular weight excluding hydrogens is 302 g/mol. The number of hydrogen-bond acceptors (Lipinski definition) is 4. The molecule has 2 aromatic heterocycles. The second-order valence-corrected chi connectivity index (χ2v) is 6.48. The van der Waals surface area contributed by atoms with Gasteiger partial charge >= 0.3 is 0 Å². The van der Waals surface area contributed by atoms with Gasteiger partial charge in [-0.25, -0.2) is 0 Å². The molecule has 1 unspecified atom stereocenters. The summed E-state index contributed by atoms with van der Waals surface area (Å²) in [6.07, 6.45) is 5.47. The highest BCUT2D eigenvalue weighted by molar-refractivity contribution is 5.91. The van der Waals surface area contributed by atoms with Crippen LogP contribution in [0.4, 0.5) is 0 Å². The lowest BCUT2D eigenvalue weighted by molar-refractivity contribution is 0.0684. The summed E-state index contributed by atoms with van der Waals surface area (Å²) in [4.78, 5) is 19.1. The van der Waals surface area contributed by atoms with Crippen LogP contribution in [0, 0.1) is 12.8 Å². The second kappa shape index (κ2) is 7.62. The van der Waals surface area contributed by atoms with Crippen molar-refractivity contribution in [2.24, 2.45) is 5.92 Å². The predicted molar refractivity (Wildman–Crippen MR) is 92.8 cm³/mol. The van der Waals surface area contributed by atoms with Crippen molar-refractivity contribution in [2.75, 3.05) is 19.6 Å². The topological polar surface area (TPSA) is 58.4 Å². The van der Waals surface area contributed by atoms with Crippen molar-refractivity contribution in [3.8, 4) is 0 Å². The summed E-state index contributed by atoms with van der Waals surface area (Å²) >= 11 is 0. The molecule has 5 nitrogen and oxygen atoms in total. The predicted octanol–water partition coefficient (Wildman–Crippen LogP) is 2.80. The summed E-state index contributed by atoms with van der Waals surface area (Å²) in [5.41, 5.74) is 2.08. The molecule has 0 aromatic carbocycles. The van der Waals surface area contributed by atoms with Gasteiger partial charge in [-0.05, 0) is 55.6 Å². The fourth-order valence-electron chi connectivity index (χ4n) is 3.25. The number of hydrogen-bond donors (Lipinski definition) is 1. The summed E-state index contributed by atoms with van der Waals surface area (Å²) in [5, 5.41) is 3.37. The number of furan rings is 1. The molecule has 1 amide bonds. The van der Waals surface area contributed by atoms with Gasteiger partial charge in [0.05, 0.1) is 0 Å². The van der Waals surface area contributed by atoms with Crippen LogP contribution in [-0.4, -0.2) is 35.4 Å². The van der Waals surface area contributed by atoms with Gasteiger partial charge in [0.15, 0.2) is 5.76 Å². The van der Waals surface area contributed by atoms with Gasteiger partial charge in [-0.1, -0.05) is 13.0 Å². The Balaban J connectivity index is 1.80. The molecule has 0 aliphatic carbocycles. The molecule has 0 bridgehead atoms. The first-order valence-corrected chi connectivity index (χ1v) is 8.65. The lowest BCUT2D eigenvalue weighted by Crippen LogP contribution is -2.35. The van der Waals surface area contributed by atoms with Crippen molar-refractivity contribution >= 4 is 5.91 Å². The number of nitrogens with one attached hydrogen (secondary N) is 1. The Labute approximate surface area is 143 Å². The van der Waals surface area contributed by atoms with Gasteiger partial charge in [-0.3, -0.25) is 9.78 Å². The van der Waals surface area contributed by atoms with Gasteiger partial charge in [0, 0.05) is 31.9 Å². The third-order valence-corrected chi connectivity index (χ3v) is 4.58. The van der Waals surface area contributed by atoms with E-state index < -0.39 is 0 Å². The van der Waals surface area contributed by atoms with Crippen LogP contribution in [0.5, 0.6) is 0 Å².